The molecule has 31 heavy (non-hydrogen) atoms. The van der Waals surface area contributed by atoms with E-state index in [9.17, 15) is 21.6 Å². The highest BCUT2D eigenvalue weighted by Crippen LogP contribution is 2.19. The van der Waals surface area contributed by atoms with E-state index in [1.807, 2.05) is 11.8 Å². The third-order valence-corrected chi connectivity index (χ3v) is 7.05. The molecule has 162 valence electrons. The number of benzene rings is 3. The number of amides is 1. The number of aryl methyl sites for hydroxylation is 1. The van der Waals surface area contributed by atoms with Gasteiger partial charge in [0, 0.05) is 11.3 Å². The first-order chi connectivity index (χ1) is 14.7. The molecule has 10 heteroatoms. The van der Waals surface area contributed by atoms with Gasteiger partial charge in [-0.2, -0.15) is 0 Å². The minimum Gasteiger partial charge on any atom is -0.280 e. The zero-order valence-electron chi connectivity index (χ0n) is 16.6. The van der Waals surface area contributed by atoms with Crippen LogP contribution in [-0.2, 0) is 26.5 Å². The van der Waals surface area contributed by atoms with Gasteiger partial charge in [-0.15, -0.1) is 4.83 Å². The number of hydrazine groups is 1. The van der Waals surface area contributed by atoms with Crippen LogP contribution in [0.5, 0.6) is 0 Å². The summed E-state index contributed by atoms with van der Waals surface area (Å²) >= 11 is 0. The molecular weight excluding hydrogens is 438 g/mol. The van der Waals surface area contributed by atoms with Crippen molar-refractivity contribution in [1.82, 2.24) is 10.3 Å². The number of hydrogen-bond acceptors (Lipinski definition) is 5. The van der Waals surface area contributed by atoms with Crippen molar-refractivity contribution in [3.8, 4) is 0 Å². The van der Waals surface area contributed by atoms with Crippen molar-refractivity contribution in [1.29, 1.82) is 0 Å². The predicted molar refractivity (Wildman–Crippen MR) is 117 cm³/mol. The Morgan fingerprint density at radius 1 is 0.742 bits per heavy atom. The van der Waals surface area contributed by atoms with Crippen LogP contribution in [0, 0.1) is 0 Å². The fraction of sp³-hybridized carbons (Fsp3) is 0.0952. The summed E-state index contributed by atoms with van der Waals surface area (Å²) in [5, 5.41) is 0. The van der Waals surface area contributed by atoms with E-state index >= 15 is 0 Å². The molecule has 0 unspecified atom stereocenters. The number of hydrogen-bond donors (Lipinski definition) is 3. The molecule has 3 N–H and O–H groups in total. The zero-order chi connectivity index (χ0) is 22.5. The van der Waals surface area contributed by atoms with Crippen LogP contribution >= 0.6 is 0 Å². The number of carbonyl (C=O) groups is 1. The molecule has 0 aromatic heterocycles. The molecule has 0 aliphatic rings. The highest BCUT2D eigenvalue weighted by molar-refractivity contribution is 7.92. The first kappa shape index (κ1) is 22.5. The first-order valence-electron chi connectivity index (χ1n) is 9.30. The van der Waals surface area contributed by atoms with Gasteiger partial charge in [-0.05, 0) is 60.5 Å². The van der Waals surface area contributed by atoms with Crippen LogP contribution in [0.2, 0.25) is 0 Å². The van der Waals surface area contributed by atoms with Gasteiger partial charge in [0.15, 0.2) is 0 Å². The van der Waals surface area contributed by atoms with Gasteiger partial charge in [-0.25, -0.2) is 16.8 Å². The lowest BCUT2D eigenvalue weighted by atomic mass is 10.2. The van der Waals surface area contributed by atoms with Crippen LogP contribution in [-0.4, -0.2) is 22.7 Å². The highest BCUT2D eigenvalue weighted by Gasteiger charge is 2.17. The Bertz CT molecular complexity index is 1260. The van der Waals surface area contributed by atoms with Crippen LogP contribution in [0.4, 0.5) is 5.69 Å². The molecule has 0 aliphatic carbocycles. The van der Waals surface area contributed by atoms with E-state index in [0.29, 0.717) is 5.56 Å². The van der Waals surface area contributed by atoms with Gasteiger partial charge in [0.1, 0.15) is 0 Å². The molecule has 8 nitrogen and oxygen atoms in total. The molecule has 0 saturated carbocycles. The van der Waals surface area contributed by atoms with E-state index in [1.54, 1.807) is 42.5 Å². The van der Waals surface area contributed by atoms with Gasteiger partial charge in [0.2, 0.25) is 0 Å². The topological polar surface area (TPSA) is 121 Å². The Labute approximate surface area is 181 Å². The van der Waals surface area contributed by atoms with Crippen LogP contribution in [0.15, 0.2) is 88.7 Å². The van der Waals surface area contributed by atoms with E-state index < -0.39 is 26.0 Å². The number of carbonyl (C=O) groups excluding carboxylic acids is 1. The first-order valence-corrected chi connectivity index (χ1v) is 12.3. The van der Waals surface area contributed by atoms with Crippen LogP contribution in [0.3, 0.4) is 0 Å². The summed E-state index contributed by atoms with van der Waals surface area (Å²) in [5.41, 5.74) is 3.64. The lowest BCUT2D eigenvalue weighted by molar-refractivity contribution is 0.0945. The second-order valence-corrected chi connectivity index (χ2v) is 9.92. The Balaban J connectivity index is 1.67. The molecule has 3 aromatic rings. The Morgan fingerprint density at radius 3 is 1.87 bits per heavy atom. The molecule has 3 aromatic carbocycles. The van der Waals surface area contributed by atoms with Gasteiger partial charge in [-0.3, -0.25) is 14.9 Å². The standard InChI is InChI=1S/C21H21N3O5S2/c1-2-16-8-12-19(13-9-16)30(26,27)23-18-10-14-20(15-11-18)31(28,29)24-22-21(25)17-6-4-3-5-7-17/h3-15,23-24H,2H2,1H3,(H,22,25). The third-order valence-electron chi connectivity index (χ3n) is 4.39. The summed E-state index contributed by atoms with van der Waals surface area (Å²) in [6.07, 6.45) is 0.795. The fourth-order valence-electron chi connectivity index (χ4n) is 2.65. The largest absolute Gasteiger partial charge is 0.280 e. The zero-order valence-corrected chi connectivity index (χ0v) is 18.2. The van der Waals surface area contributed by atoms with E-state index in [2.05, 4.69) is 10.1 Å². The molecule has 0 fully saturated rings. The summed E-state index contributed by atoms with van der Waals surface area (Å²) < 4.78 is 52.2. The van der Waals surface area contributed by atoms with E-state index in [0.717, 1.165) is 12.0 Å². The Kier molecular flexibility index (Phi) is 6.74. The number of nitrogens with one attached hydrogen (secondary N) is 3. The van der Waals surface area contributed by atoms with Crippen molar-refractivity contribution in [2.75, 3.05) is 4.72 Å². The Hall–Kier alpha value is -3.21. The van der Waals surface area contributed by atoms with Crippen molar-refractivity contribution in [2.45, 2.75) is 23.1 Å². The van der Waals surface area contributed by atoms with E-state index in [-0.39, 0.29) is 15.5 Å². The summed E-state index contributed by atoms with van der Waals surface area (Å²) in [6, 6.07) is 19.7. The molecule has 0 spiro atoms. The monoisotopic (exact) mass is 459 g/mol. The molecule has 1 amide bonds. The van der Waals surface area contributed by atoms with Crippen LogP contribution in [0.25, 0.3) is 0 Å². The average Bonchev–Trinajstić information content (AvgIpc) is 2.78. The maximum atomic E-state index is 12.5. The molecule has 0 bridgehead atoms. The lowest BCUT2D eigenvalue weighted by Crippen LogP contribution is -2.41. The van der Waals surface area contributed by atoms with E-state index in [1.165, 1.54) is 36.4 Å². The molecule has 3 rings (SSSR count). The summed E-state index contributed by atoms with van der Waals surface area (Å²) in [5.74, 6) is -0.609. The minimum atomic E-state index is -4.04. The maximum Gasteiger partial charge on any atom is 0.266 e. The van der Waals surface area contributed by atoms with Crippen molar-refractivity contribution in [3.05, 3.63) is 90.0 Å². The number of rotatable bonds is 8. The highest BCUT2D eigenvalue weighted by atomic mass is 32.2. The van der Waals surface area contributed by atoms with Gasteiger partial charge in [-0.1, -0.05) is 37.3 Å². The molecule has 0 saturated heterocycles. The smallest absolute Gasteiger partial charge is 0.266 e. The normalized spacial score (nSPS) is 11.6. The van der Waals surface area contributed by atoms with Crippen molar-refractivity contribution >= 4 is 31.6 Å². The van der Waals surface area contributed by atoms with Gasteiger partial charge >= 0.3 is 0 Å². The van der Waals surface area contributed by atoms with E-state index in [4.69, 9.17) is 0 Å². The second kappa shape index (κ2) is 9.29. The molecule has 0 heterocycles. The van der Waals surface area contributed by atoms with Crippen molar-refractivity contribution in [3.63, 3.8) is 0 Å². The summed E-state index contributed by atoms with van der Waals surface area (Å²) in [7, 11) is -7.85. The lowest BCUT2D eigenvalue weighted by Gasteiger charge is -2.11. The molecule has 0 aliphatic heterocycles. The van der Waals surface area contributed by atoms with Crippen LogP contribution < -0.4 is 15.0 Å². The van der Waals surface area contributed by atoms with Gasteiger partial charge in [0.05, 0.1) is 9.79 Å². The van der Waals surface area contributed by atoms with Crippen molar-refractivity contribution < 1.29 is 21.6 Å². The number of anilines is 1. The van der Waals surface area contributed by atoms with Gasteiger partial charge < -0.3 is 0 Å². The van der Waals surface area contributed by atoms with Crippen LogP contribution in [0.1, 0.15) is 22.8 Å². The maximum absolute atomic E-state index is 12.5. The third kappa shape index (κ3) is 5.69. The van der Waals surface area contributed by atoms with Crippen molar-refractivity contribution in [2.24, 2.45) is 0 Å². The fourth-order valence-corrected chi connectivity index (χ4v) is 4.55. The predicted octanol–water partition coefficient (Wildman–Crippen LogP) is 2.67. The number of sulfonamides is 2. The second-order valence-electron chi connectivity index (χ2n) is 6.55. The molecular formula is C21H21N3O5S2. The summed E-state index contributed by atoms with van der Waals surface area (Å²) in [6.45, 7) is 1.97. The minimum absolute atomic E-state index is 0.103. The molecule has 0 atom stereocenters. The van der Waals surface area contributed by atoms with Gasteiger partial charge in [0.25, 0.3) is 26.0 Å². The Morgan fingerprint density at radius 2 is 1.29 bits per heavy atom. The quantitative estimate of drug-likeness (QED) is 0.447. The SMILES string of the molecule is CCc1ccc(S(=O)(=O)Nc2ccc(S(=O)(=O)NNC(=O)c3ccccc3)cc2)cc1. The summed E-state index contributed by atoms with van der Waals surface area (Å²) in [4.78, 5) is 14.0. The molecule has 0 radical (unpaired) electrons. The average molecular weight is 460 g/mol.